The van der Waals surface area contributed by atoms with Crippen molar-refractivity contribution in [2.75, 3.05) is 6.54 Å². The third kappa shape index (κ3) is 3.13. The van der Waals surface area contributed by atoms with Crippen molar-refractivity contribution in [1.29, 1.82) is 0 Å². The molecular weight excluding hydrogens is 174 g/mol. The molecule has 2 nitrogen and oxygen atoms in total. The average molecular weight is 193 g/mol. The van der Waals surface area contributed by atoms with Crippen LogP contribution in [0.1, 0.15) is 31.0 Å². The Morgan fingerprint density at radius 3 is 2.50 bits per heavy atom. The molecule has 78 valence electrons. The number of hydrogen-bond acceptors (Lipinski definition) is 2. The van der Waals surface area contributed by atoms with Gasteiger partial charge in [0.1, 0.15) is 0 Å². The van der Waals surface area contributed by atoms with Gasteiger partial charge in [-0.2, -0.15) is 0 Å². The van der Waals surface area contributed by atoms with Crippen molar-refractivity contribution in [2.45, 2.75) is 32.9 Å². The molecule has 0 aliphatic carbocycles. The summed E-state index contributed by atoms with van der Waals surface area (Å²) < 4.78 is 0. The Bertz CT molecular complexity index is 283. The summed E-state index contributed by atoms with van der Waals surface area (Å²) in [6, 6.07) is 8.61. The molecule has 0 aliphatic heterocycles. The lowest BCUT2D eigenvalue weighted by molar-refractivity contribution is 0.187. The van der Waals surface area contributed by atoms with Gasteiger partial charge in [-0.05, 0) is 31.9 Å². The van der Waals surface area contributed by atoms with Gasteiger partial charge >= 0.3 is 0 Å². The molecule has 0 fully saturated rings. The fourth-order valence-corrected chi connectivity index (χ4v) is 1.53. The Kier molecular flexibility index (Phi) is 4.11. The third-order valence-electron chi connectivity index (χ3n) is 2.37. The van der Waals surface area contributed by atoms with Crippen LogP contribution in [-0.4, -0.2) is 17.8 Å². The monoisotopic (exact) mass is 193 g/mol. The molecule has 0 radical (unpaired) electrons. The Balaban J connectivity index is 2.60. The van der Waals surface area contributed by atoms with Crippen LogP contribution in [0.3, 0.4) is 0 Å². The van der Waals surface area contributed by atoms with Crippen LogP contribution in [0.15, 0.2) is 24.3 Å². The third-order valence-corrected chi connectivity index (χ3v) is 2.37. The van der Waals surface area contributed by atoms with Crippen molar-refractivity contribution in [1.82, 2.24) is 5.32 Å². The van der Waals surface area contributed by atoms with Crippen molar-refractivity contribution in [2.24, 2.45) is 0 Å². The minimum absolute atomic E-state index is 0.290. The number of nitrogens with one attached hydrogen (secondary N) is 1. The second kappa shape index (κ2) is 5.13. The van der Waals surface area contributed by atoms with E-state index in [-0.39, 0.29) is 6.10 Å². The van der Waals surface area contributed by atoms with Crippen molar-refractivity contribution in [3.05, 3.63) is 35.4 Å². The first-order valence-electron chi connectivity index (χ1n) is 5.08. The Morgan fingerprint density at radius 1 is 1.29 bits per heavy atom. The lowest BCUT2D eigenvalue weighted by atomic mass is 10.0. The molecule has 1 aromatic carbocycles. The van der Waals surface area contributed by atoms with Crippen LogP contribution in [0.4, 0.5) is 0 Å². The van der Waals surface area contributed by atoms with Gasteiger partial charge in [0.15, 0.2) is 0 Å². The number of hydrogen-bond donors (Lipinski definition) is 2. The quantitative estimate of drug-likeness (QED) is 0.767. The van der Waals surface area contributed by atoms with Crippen molar-refractivity contribution in [3.63, 3.8) is 0 Å². The molecule has 0 aromatic heterocycles. The van der Waals surface area contributed by atoms with E-state index in [9.17, 15) is 0 Å². The molecule has 1 aromatic rings. The summed E-state index contributed by atoms with van der Waals surface area (Å²) in [5.74, 6) is 0. The normalized spacial score (nSPS) is 15.1. The number of benzene rings is 1. The molecule has 0 heterocycles. The molecule has 14 heavy (non-hydrogen) atoms. The van der Waals surface area contributed by atoms with E-state index in [0.717, 1.165) is 0 Å². The Hall–Kier alpha value is -0.860. The van der Waals surface area contributed by atoms with Crippen LogP contribution < -0.4 is 5.32 Å². The van der Waals surface area contributed by atoms with Crippen LogP contribution in [0.5, 0.6) is 0 Å². The molecule has 0 saturated heterocycles. The highest BCUT2D eigenvalue weighted by Gasteiger charge is 2.07. The topological polar surface area (TPSA) is 32.3 Å². The molecular formula is C12H19NO. The Labute approximate surface area is 86.0 Å². The summed E-state index contributed by atoms with van der Waals surface area (Å²) >= 11 is 0. The fraction of sp³-hybridized carbons (Fsp3) is 0.500. The SMILES string of the molecule is Cc1ccccc1C(C)NC[C@H](C)O. The smallest absolute Gasteiger partial charge is 0.0636 e. The highest BCUT2D eigenvalue weighted by molar-refractivity contribution is 5.28. The number of rotatable bonds is 4. The van der Waals surface area contributed by atoms with E-state index >= 15 is 0 Å². The molecule has 2 atom stereocenters. The van der Waals surface area contributed by atoms with Gasteiger partial charge in [-0.1, -0.05) is 24.3 Å². The first kappa shape index (κ1) is 11.2. The zero-order chi connectivity index (χ0) is 10.6. The lowest BCUT2D eigenvalue weighted by Gasteiger charge is -2.17. The summed E-state index contributed by atoms with van der Waals surface area (Å²) in [5, 5.41) is 12.4. The van der Waals surface area contributed by atoms with E-state index in [2.05, 4.69) is 31.3 Å². The van der Waals surface area contributed by atoms with Crippen molar-refractivity contribution >= 4 is 0 Å². The van der Waals surface area contributed by atoms with Gasteiger partial charge in [-0.15, -0.1) is 0 Å². The minimum Gasteiger partial charge on any atom is -0.392 e. The van der Waals surface area contributed by atoms with Gasteiger partial charge in [-0.25, -0.2) is 0 Å². The fourth-order valence-electron chi connectivity index (χ4n) is 1.53. The van der Waals surface area contributed by atoms with Crippen LogP contribution in [0.25, 0.3) is 0 Å². The van der Waals surface area contributed by atoms with E-state index in [0.29, 0.717) is 12.6 Å². The summed E-state index contributed by atoms with van der Waals surface area (Å²) in [7, 11) is 0. The zero-order valence-corrected chi connectivity index (χ0v) is 9.12. The maximum Gasteiger partial charge on any atom is 0.0636 e. The van der Waals surface area contributed by atoms with Crippen molar-refractivity contribution in [3.8, 4) is 0 Å². The van der Waals surface area contributed by atoms with Crippen LogP contribution in [0.2, 0.25) is 0 Å². The van der Waals surface area contributed by atoms with Gasteiger partial charge < -0.3 is 10.4 Å². The predicted octanol–water partition coefficient (Wildman–Crippen LogP) is 2.03. The lowest BCUT2D eigenvalue weighted by Crippen LogP contribution is -2.27. The van der Waals surface area contributed by atoms with E-state index in [1.54, 1.807) is 6.92 Å². The molecule has 2 N–H and O–H groups in total. The standard InChI is InChI=1S/C12H19NO/c1-9-6-4-5-7-12(9)11(3)13-8-10(2)14/h4-7,10-11,13-14H,8H2,1-3H3/t10-,11?/m0/s1. The summed E-state index contributed by atoms with van der Waals surface area (Å²) in [6.07, 6.45) is -0.290. The second-order valence-electron chi connectivity index (χ2n) is 3.84. The van der Waals surface area contributed by atoms with Gasteiger partial charge in [0.05, 0.1) is 6.10 Å². The molecule has 2 heteroatoms. The van der Waals surface area contributed by atoms with Gasteiger partial charge in [-0.3, -0.25) is 0 Å². The largest absolute Gasteiger partial charge is 0.392 e. The zero-order valence-electron chi connectivity index (χ0n) is 9.12. The van der Waals surface area contributed by atoms with Gasteiger partial charge in [0.2, 0.25) is 0 Å². The maximum atomic E-state index is 9.15. The number of aryl methyl sites for hydroxylation is 1. The van der Waals surface area contributed by atoms with E-state index in [1.165, 1.54) is 11.1 Å². The average Bonchev–Trinajstić information content (AvgIpc) is 2.15. The number of aliphatic hydroxyl groups is 1. The first-order valence-corrected chi connectivity index (χ1v) is 5.08. The summed E-state index contributed by atoms with van der Waals surface area (Å²) in [5.41, 5.74) is 2.59. The van der Waals surface area contributed by atoms with E-state index < -0.39 is 0 Å². The molecule has 0 amide bonds. The van der Waals surface area contributed by atoms with Crippen LogP contribution in [0, 0.1) is 6.92 Å². The van der Waals surface area contributed by atoms with Gasteiger partial charge in [0, 0.05) is 12.6 Å². The molecule has 0 saturated carbocycles. The number of aliphatic hydroxyl groups excluding tert-OH is 1. The van der Waals surface area contributed by atoms with Crippen LogP contribution >= 0.6 is 0 Å². The van der Waals surface area contributed by atoms with E-state index in [1.807, 2.05) is 12.1 Å². The minimum atomic E-state index is -0.290. The summed E-state index contributed by atoms with van der Waals surface area (Å²) in [6.45, 7) is 6.65. The van der Waals surface area contributed by atoms with Crippen molar-refractivity contribution < 1.29 is 5.11 Å². The Morgan fingerprint density at radius 2 is 1.93 bits per heavy atom. The van der Waals surface area contributed by atoms with Crippen LogP contribution in [-0.2, 0) is 0 Å². The molecule has 0 spiro atoms. The highest BCUT2D eigenvalue weighted by atomic mass is 16.3. The highest BCUT2D eigenvalue weighted by Crippen LogP contribution is 2.16. The van der Waals surface area contributed by atoms with E-state index in [4.69, 9.17) is 5.11 Å². The predicted molar refractivity (Wildman–Crippen MR) is 59.3 cm³/mol. The first-order chi connectivity index (χ1) is 6.61. The molecule has 0 aliphatic rings. The molecule has 1 rings (SSSR count). The maximum absolute atomic E-state index is 9.15. The summed E-state index contributed by atoms with van der Waals surface area (Å²) in [4.78, 5) is 0. The molecule has 0 bridgehead atoms. The molecule has 1 unspecified atom stereocenters. The second-order valence-corrected chi connectivity index (χ2v) is 3.84. The van der Waals surface area contributed by atoms with Gasteiger partial charge in [0.25, 0.3) is 0 Å².